The van der Waals surface area contributed by atoms with Crippen molar-refractivity contribution >= 4 is 27.6 Å². The molecule has 0 aromatic heterocycles. The van der Waals surface area contributed by atoms with Crippen molar-refractivity contribution in [2.45, 2.75) is 29.9 Å². The highest BCUT2D eigenvalue weighted by Crippen LogP contribution is 2.33. The van der Waals surface area contributed by atoms with E-state index in [4.69, 9.17) is 16.3 Å². The van der Waals surface area contributed by atoms with E-state index in [0.717, 1.165) is 4.31 Å². The van der Waals surface area contributed by atoms with Gasteiger partial charge < -0.3 is 14.6 Å². The monoisotopic (exact) mass is 363 g/mol. The van der Waals surface area contributed by atoms with E-state index < -0.39 is 28.1 Å². The van der Waals surface area contributed by atoms with Gasteiger partial charge in [-0.1, -0.05) is 11.6 Å². The van der Waals surface area contributed by atoms with E-state index in [2.05, 4.69) is 4.74 Å². The molecule has 23 heavy (non-hydrogen) atoms. The maximum absolute atomic E-state index is 13.0. The van der Waals surface area contributed by atoms with Gasteiger partial charge in [0.15, 0.2) is 0 Å². The van der Waals surface area contributed by atoms with Gasteiger partial charge in [-0.2, -0.15) is 4.31 Å². The highest BCUT2D eigenvalue weighted by atomic mass is 35.5. The number of methoxy groups -OCH3 is 2. The normalized spacial score (nSPS) is 22.6. The highest BCUT2D eigenvalue weighted by molar-refractivity contribution is 7.89. The zero-order chi connectivity index (χ0) is 17.2. The first-order valence-corrected chi connectivity index (χ1v) is 8.74. The number of piperidine rings is 1. The lowest BCUT2D eigenvalue weighted by Crippen LogP contribution is -2.51. The van der Waals surface area contributed by atoms with Crippen LogP contribution in [0, 0.1) is 0 Å². The quantitative estimate of drug-likeness (QED) is 0.803. The van der Waals surface area contributed by atoms with Crippen LogP contribution < -0.4 is 4.74 Å². The van der Waals surface area contributed by atoms with Gasteiger partial charge in [0.25, 0.3) is 0 Å². The number of esters is 1. The van der Waals surface area contributed by atoms with E-state index in [1.807, 2.05) is 0 Å². The second-order valence-electron chi connectivity index (χ2n) is 5.13. The van der Waals surface area contributed by atoms with Crippen LogP contribution in [-0.4, -0.2) is 56.7 Å². The molecule has 2 rings (SSSR count). The molecule has 0 bridgehead atoms. The minimum absolute atomic E-state index is 0.00106. The van der Waals surface area contributed by atoms with Crippen LogP contribution in [0.2, 0.25) is 5.02 Å². The van der Waals surface area contributed by atoms with Crippen LogP contribution in [-0.2, 0) is 19.6 Å². The Hall–Kier alpha value is -1.35. The Bertz CT molecular complexity index is 693. The molecule has 1 saturated heterocycles. The van der Waals surface area contributed by atoms with E-state index in [1.54, 1.807) is 0 Å². The van der Waals surface area contributed by atoms with Crippen LogP contribution >= 0.6 is 11.6 Å². The summed E-state index contributed by atoms with van der Waals surface area (Å²) in [5.41, 5.74) is 0. The van der Waals surface area contributed by atoms with Crippen molar-refractivity contribution in [1.29, 1.82) is 0 Å². The topological polar surface area (TPSA) is 93.1 Å². The van der Waals surface area contributed by atoms with E-state index in [0.29, 0.717) is 0 Å². The number of halogens is 1. The van der Waals surface area contributed by atoms with Crippen molar-refractivity contribution in [3.05, 3.63) is 23.2 Å². The molecule has 0 spiro atoms. The standard InChI is InChI=1S/C14H18ClNO6S/c1-21-12-4-3-9(15)7-13(12)23(19,20)16-6-5-10(17)8-11(16)14(18)22-2/h3-4,7,10-11,17H,5-6,8H2,1-2H3/t10-,11+/m0/s1. The van der Waals surface area contributed by atoms with Crippen molar-refractivity contribution in [1.82, 2.24) is 4.31 Å². The molecule has 0 unspecified atom stereocenters. The average molecular weight is 364 g/mol. The SMILES string of the molecule is COC(=O)[C@H]1C[C@@H](O)CCN1S(=O)(=O)c1cc(Cl)ccc1OC. The van der Waals surface area contributed by atoms with Gasteiger partial charge in [0.2, 0.25) is 10.0 Å². The maximum Gasteiger partial charge on any atom is 0.324 e. The molecular formula is C14H18ClNO6S. The molecule has 0 aliphatic carbocycles. The minimum Gasteiger partial charge on any atom is -0.495 e. The molecular weight excluding hydrogens is 346 g/mol. The second-order valence-corrected chi connectivity index (χ2v) is 7.42. The van der Waals surface area contributed by atoms with Gasteiger partial charge in [-0.05, 0) is 24.6 Å². The van der Waals surface area contributed by atoms with Gasteiger partial charge in [0, 0.05) is 18.0 Å². The third kappa shape index (κ3) is 3.60. The van der Waals surface area contributed by atoms with Crippen LogP contribution in [0.25, 0.3) is 0 Å². The number of aliphatic hydroxyl groups is 1. The molecule has 1 aliphatic rings. The first-order chi connectivity index (χ1) is 10.8. The number of nitrogens with zero attached hydrogens (tertiary/aromatic N) is 1. The number of sulfonamides is 1. The fourth-order valence-electron chi connectivity index (χ4n) is 2.54. The van der Waals surface area contributed by atoms with Crippen molar-refractivity contribution in [3.63, 3.8) is 0 Å². The number of carbonyl (C=O) groups excluding carboxylic acids is 1. The molecule has 2 atom stereocenters. The van der Waals surface area contributed by atoms with Gasteiger partial charge in [0.1, 0.15) is 16.7 Å². The van der Waals surface area contributed by atoms with E-state index in [9.17, 15) is 18.3 Å². The van der Waals surface area contributed by atoms with Crippen molar-refractivity contribution in [3.8, 4) is 5.75 Å². The van der Waals surface area contributed by atoms with Crippen LogP contribution in [0.3, 0.4) is 0 Å². The summed E-state index contributed by atoms with van der Waals surface area (Å²) in [5, 5.41) is 9.98. The molecule has 1 aromatic rings. The summed E-state index contributed by atoms with van der Waals surface area (Å²) in [5.74, 6) is -0.586. The van der Waals surface area contributed by atoms with Crippen LogP contribution in [0.4, 0.5) is 0 Å². The summed E-state index contributed by atoms with van der Waals surface area (Å²) in [7, 11) is -1.52. The van der Waals surface area contributed by atoms with Crippen molar-refractivity contribution < 1.29 is 27.8 Å². The molecule has 1 aromatic carbocycles. The lowest BCUT2D eigenvalue weighted by atomic mass is 10.0. The van der Waals surface area contributed by atoms with Gasteiger partial charge in [-0.15, -0.1) is 0 Å². The van der Waals surface area contributed by atoms with E-state index >= 15 is 0 Å². The summed E-state index contributed by atoms with van der Waals surface area (Å²) in [4.78, 5) is 11.8. The largest absolute Gasteiger partial charge is 0.495 e. The summed E-state index contributed by atoms with van der Waals surface area (Å²) in [6.45, 7) is -0.00106. The third-order valence-electron chi connectivity index (χ3n) is 3.71. The molecule has 9 heteroatoms. The van der Waals surface area contributed by atoms with Crippen LogP contribution in [0.15, 0.2) is 23.1 Å². The van der Waals surface area contributed by atoms with Gasteiger partial charge in [-0.3, -0.25) is 4.79 Å². The Labute approximate surface area is 139 Å². The Balaban J connectivity index is 2.48. The molecule has 7 nitrogen and oxygen atoms in total. The number of ether oxygens (including phenoxy) is 2. The number of hydrogen-bond acceptors (Lipinski definition) is 6. The Kier molecular flexibility index (Phi) is 5.51. The Morgan fingerprint density at radius 2 is 2.09 bits per heavy atom. The van der Waals surface area contributed by atoms with E-state index in [1.165, 1.54) is 32.4 Å². The van der Waals surface area contributed by atoms with Crippen LogP contribution in [0.1, 0.15) is 12.8 Å². The minimum atomic E-state index is -4.04. The lowest BCUT2D eigenvalue weighted by molar-refractivity contribution is -0.147. The molecule has 1 aliphatic heterocycles. The summed E-state index contributed by atoms with van der Waals surface area (Å²) in [6.07, 6.45) is -0.545. The van der Waals surface area contributed by atoms with Crippen LogP contribution in [0.5, 0.6) is 5.75 Å². The highest BCUT2D eigenvalue weighted by Gasteiger charge is 2.42. The third-order valence-corrected chi connectivity index (χ3v) is 5.88. The molecule has 128 valence electrons. The second kappa shape index (κ2) is 7.04. The number of benzene rings is 1. The fraction of sp³-hybridized carbons (Fsp3) is 0.500. The Morgan fingerprint density at radius 3 is 2.70 bits per heavy atom. The Morgan fingerprint density at radius 1 is 1.39 bits per heavy atom. The number of carbonyl (C=O) groups is 1. The number of aliphatic hydroxyl groups excluding tert-OH is 1. The maximum atomic E-state index is 13.0. The summed E-state index contributed by atoms with van der Waals surface area (Å²) >= 11 is 5.90. The molecule has 1 heterocycles. The predicted molar refractivity (Wildman–Crippen MR) is 82.9 cm³/mol. The fourth-order valence-corrected chi connectivity index (χ4v) is 4.57. The molecule has 0 amide bonds. The smallest absolute Gasteiger partial charge is 0.324 e. The first kappa shape index (κ1) is 18.0. The molecule has 1 fully saturated rings. The zero-order valence-corrected chi connectivity index (χ0v) is 14.3. The molecule has 0 saturated carbocycles. The van der Waals surface area contributed by atoms with Gasteiger partial charge >= 0.3 is 5.97 Å². The van der Waals surface area contributed by atoms with Crippen molar-refractivity contribution in [2.75, 3.05) is 20.8 Å². The number of rotatable bonds is 4. The van der Waals surface area contributed by atoms with Gasteiger partial charge in [-0.25, -0.2) is 8.42 Å². The summed E-state index contributed by atoms with van der Waals surface area (Å²) in [6, 6.07) is 3.14. The summed E-state index contributed by atoms with van der Waals surface area (Å²) < 4.78 is 36.7. The predicted octanol–water partition coefficient (Wildman–Crippen LogP) is 1.04. The lowest BCUT2D eigenvalue weighted by Gasteiger charge is -2.35. The van der Waals surface area contributed by atoms with E-state index in [-0.39, 0.29) is 35.1 Å². The first-order valence-electron chi connectivity index (χ1n) is 6.92. The molecule has 1 N–H and O–H groups in total. The van der Waals surface area contributed by atoms with Gasteiger partial charge in [0.05, 0.1) is 20.3 Å². The number of hydrogen-bond donors (Lipinski definition) is 1. The molecule has 0 radical (unpaired) electrons. The van der Waals surface area contributed by atoms with Crippen molar-refractivity contribution in [2.24, 2.45) is 0 Å². The zero-order valence-electron chi connectivity index (χ0n) is 12.7. The average Bonchev–Trinajstić information content (AvgIpc) is 2.53.